The van der Waals surface area contributed by atoms with E-state index >= 15 is 0 Å². The van der Waals surface area contributed by atoms with Crippen molar-refractivity contribution in [1.82, 2.24) is 5.32 Å². The van der Waals surface area contributed by atoms with Gasteiger partial charge < -0.3 is 19.9 Å². The van der Waals surface area contributed by atoms with Gasteiger partial charge in [-0.3, -0.25) is 4.79 Å². The van der Waals surface area contributed by atoms with E-state index in [2.05, 4.69) is 5.32 Å². The maximum Gasteiger partial charge on any atom is 0.322 e. The van der Waals surface area contributed by atoms with Gasteiger partial charge in [0.2, 0.25) is 0 Å². The fraction of sp³-hybridized carbons (Fsp3) is 0.467. The Bertz CT molecular complexity index is 499. The van der Waals surface area contributed by atoms with Gasteiger partial charge in [-0.05, 0) is 32.0 Å². The van der Waals surface area contributed by atoms with Crippen LogP contribution in [0.1, 0.15) is 19.4 Å². The van der Waals surface area contributed by atoms with Gasteiger partial charge in [-0.25, -0.2) is 0 Å². The van der Waals surface area contributed by atoms with Gasteiger partial charge in [-0.2, -0.15) is 5.26 Å². The fourth-order valence-corrected chi connectivity index (χ4v) is 1.57. The highest BCUT2D eigenvalue weighted by molar-refractivity contribution is 5.75. The van der Waals surface area contributed by atoms with Gasteiger partial charge in [0.15, 0.2) is 0 Å². The molecule has 0 saturated carbocycles. The number of carbonyl (C=O) groups is 1. The largest absolute Gasteiger partial charge is 0.491 e. The van der Waals surface area contributed by atoms with Crippen molar-refractivity contribution in [3.8, 4) is 11.8 Å². The fourth-order valence-electron chi connectivity index (χ4n) is 1.57. The van der Waals surface area contributed by atoms with E-state index in [-0.39, 0.29) is 19.1 Å². The van der Waals surface area contributed by atoms with Crippen molar-refractivity contribution in [2.45, 2.75) is 26.0 Å². The Morgan fingerprint density at radius 2 is 2.29 bits per heavy atom. The molecule has 0 bridgehead atoms. The maximum absolute atomic E-state index is 11.4. The third kappa shape index (κ3) is 6.25. The molecule has 6 heteroatoms. The van der Waals surface area contributed by atoms with Gasteiger partial charge >= 0.3 is 5.97 Å². The van der Waals surface area contributed by atoms with E-state index in [4.69, 9.17) is 14.7 Å². The maximum atomic E-state index is 11.4. The Labute approximate surface area is 124 Å². The SMILES string of the molecule is CCOC(=O)C(C)NCC(O)COc1cccc(C#N)c1. The smallest absolute Gasteiger partial charge is 0.322 e. The predicted molar refractivity (Wildman–Crippen MR) is 76.8 cm³/mol. The molecule has 0 aliphatic rings. The van der Waals surface area contributed by atoms with E-state index in [0.29, 0.717) is 17.9 Å². The lowest BCUT2D eigenvalue weighted by molar-refractivity contribution is -0.145. The first-order valence-electron chi connectivity index (χ1n) is 6.77. The summed E-state index contributed by atoms with van der Waals surface area (Å²) in [5.74, 6) is 0.166. The molecule has 0 saturated heterocycles. The highest BCUT2D eigenvalue weighted by atomic mass is 16.5. The van der Waals surface area contributed by atoms with Crippen LogP contribution in [0, 0.1) is 11.3 Å². The van der Waals surface area contributed by atoms with Crippen LogP contribution in [0.25, 0.3) is 0 Å². The molecule has 0 radical (unpaired) electrons. The minimum atomic E-state index is -0.771. The molecule has 0 spiro atoms. The second-order valence-corrected chi connectivity index (χ2v) is 4.49. The molecule has 1 aromatic carbocycles. The van der Waals surface area contributed by atoms with Gasteiger partial charge in [0.1, 0.15) is 24.5 Å². The molecule has 1 rings (SSSR count). The number of nitrogens with zero attached hydrogens (tertiary/aromatic N) is 1. The molecular weight excluding hydrogens is 272 g/mol. The number of ether oxygens (including phenoxy) is 2. The average Bonchev–Trinajstić information content (AvgIpc) is 2.50. The quantitative estimate of drug-likeness (QED) is 0.690. The number of rotatable bonds is 8. The second-order valence-electron chi connectivity index (χ2n) is 4.49. The number of carbonyl (C=O) groups excluding carboxylic acids is 1. The van der Waals surface area contributed by atoms with Crippen molar-refractivity contribution in [3.05, 3.63) is 29.8 Å². The topological polar surface area (TPSA) is 91.6 Å². The van der Waals surface area contributed by atoms with E-state index in [1.165, 1.54) is 0 Å². The molecule has 0 heterocycles. The van der Waals surface area contributed by atoms with Gasteiger partial charge in [0.25, 0.3) is 0 Å². The molecule has 114 valence electrons. The summed E-state index contributed by atoms with van der Waals surface area (Å²) in [6, 6.07) is 8.22. The summed E-state index contributed by atoms with van der Waals surface area (Å²) in [7, 11) is 0. The highest BCUT2D eigenvalue weighted by Gasteiger charge is 2.15. The summed E-state index contributed by atoms with van der Waals surface area (Å²) in [6.07, 6.45) is -0.771. The van der Waals surface area contributed by atoms with Crippen molar-refractivity contribution >= 4 is 5.97 Å². The second kappa shape index (κ2) is 8.95. The first-order chi connectivity index (χ1) is 10.1. The van der Waals surface area contributed by atoms with Crippen LogP contribution in [0.15, 0.2) is 24.3 Å². The molecule has 2 N–H and O–H groups in total. The predicted octanol–water partition coefficient (Wildman–Crippen LogP) is 0.839. The summed E-state index contributed by atoms with van der Waals surface area (Å²) in [5.41, 5.74) is 0.496. The lowest BCUT2D eigenvalue weighted by Crippen LogP contribution is -2.41. The zero-order valence-electron chi connectivity index (χ0n) is 12.2. The van der Waals surface area contributed by atoms with E-state index in [0.717, 1.165) is 0 Å². The lowest BCUT2D eigenvalue weighted by atomic mass is 10.2. The molecule has 0 aliphatic carbocycles. The minimum absolute atomic E-state index is 0.0669. The Balaban J connectivity index is 2.32. The number of nitriles is 1. The summed E-state index contributed by atoms with van der Waals surface area (Å²) >= 11 is 0. The number of hydrogen-bond acceptors (Lipinski definition) is 6. The van der Waals surface area contributed by atoms with Crippen molar-refractivity contribution in [3.63, 3.8) is 0 Å². The highest BCUT2D eigenvalue weighted by Crippen LogP contribution is 2.12. The van der Waals surface area contributed by atoms with E-state index in [9.17, 15) is 9.90 Å². The summed E-state index contributed by atoms with van der Waals surface area (Å²) in [4.78, 5) is 11.4. The molecule has 0 aromatic heterocycles. The Morgan fingerprint density at radius 1 is 1.52 bits per heavy atom. The molecular formula is C15H20N2O4. The van der Waals surface area contributed by atoms with Crippen molar-refractivity contribution in [2.75, 3.05) is 19.8 Å². The average molecular weight is 292 g/mol. The normalized spacial score (nSPS) is 13.0. The first-order valence-corrected chi connectivity index (χ1v) is 6.77. The summed E-state index contributed by atoms with van der Waals surface area (Å²) in [6.45, 7) is 4.01. The van der Waals surface area contributed by atoms with Crippen LogP contribution in [0.5, 0.6) is 5.75 Å². The van der Waals surface area contributed by atoms with Crippen molar-refractivity contribution < 1.29 is 19.4 Å². The number of benzene rings is 1. The lowest BCUT2D eigenvalue weighted by Gasteiger charge is -2.16. The van der Waals surface area contributed by atoms with Crippen LogP contribution in [-0.2, 0) is 9.53 Å². The van der Waals surface area contributed by atoms with E-state index in [1.54, 1.807) is 38.1 Å². The number of aliphatic hydroxyl groups excluding tert-OH is 1. The number of hydrogen-bond donors (Lipinski definition) is 2. The molecule has 0 fully saturated rings. The van der Waals surface area contributed by atoms with Crippen molar-refractivity contribution in [2.24, 2.45) is 0 Å². The molecule has 1 aromatic rings. The standard InChI is InChI=1S/C15H20N2O4/c1-3-20-15(19)11(2)17-9-13(18)10-21-14-6-4-5-12(7-14)8-16/h4-7,11,13,17-18H,3,9-10H2,1-2H3. The monoisotopic (exact) mass is 292 g/mol. The molecule has 6 nitrogen and oxygen atoms in total. The number of aliphatic hydroxyl groups is 1. The molecule has 21 heavy (non-hydrogen) atoms. The van der Waals surface area contributed by atoms with Crippen LogP contribution in [-0.4, -0.2) is 43.0 Å². The van der Waals surface area contributed by atoms with Gasteiger partial charge in [-0.15, -0.1) is 0 Å². The Morgan fingerprint density at radius 3 is 2.95 bits per heavy atom. The van der Waals surface area contributed by atoms with Gasteiger partial charge in [0.05, 0.1) is 18.2 Å². The first kappa shape index (κ1) is 17.0. The van der Waals surface area contributed by atoms with Crippen LogP contribution in [0.3, 0.4) is 0 Å². The Hall–Kier alpha value is -2.10. The summed E-state index contributed by atoms with van der Waals surface area (Å²) in [5, 5.41) is 21.4. The summed E-state index contributed by atoms with van der Waals surface area (Å²) < 4.78 is 10.2. The van der Waals surface area contributed by atoms with Crippen LogP contribution in [0.4, 0.5) is 0 Å². The van der Waals surface area contributed by atoms with Gasteiger partial charge in [-0.1, -0.05) is 6.07 Å². The van der Waals surface area contributed by atoms with Crippen LogP contribution < -0.4 is 10.1 Å². The zero-order valence-corrected chi connectivity index (χ0v) is 12.2. The molecule has 2 atom stereocenters. The molecule has 0 amide bonds. The minimum Gasteiger partial charge on any atom is -0.491 e. The van der Waals surface area contributed by atoms with E-state index < -0.39 is 12.1 Å². The van der Waals surface area contributed by atoms with Crippen LogP contribution >= 0.6 is 0 Å². The zero-order chi connectivity index (χ0) is 15.7. The van der Waals surface area contributed by atoms with Crippen molar-refractivity contribution in [1.29, 1.82) is 5.26 Å². The third-order valence-corrected chi connectivity index (χ3v) is 2.71. The molecule has 0 aliphatic heterocycles. The van der Waals surface area contributed by atoms with Crippen LogP contribution in [0.2, 0.25) is 0 Å². The Kier molecular flexibility index (Phi) is 7.23. The number of esters is 1. The molecule has 2 unspecified atom stereocenters. The third-order valence-electron chi connectivity index (χ3n) is 2.71. The number of nitrogens with one attached hydrogen (secondary N) is 1. The van der Waals surface area contributed by atoms with Gasteiger partial charge in [0, 0.05) is 6.54 Å². The van der Waals surface area contributed by atoms with E-state index in [1.807, 2.05) is 6.07 Å².